The van der Waals surface area contributed by atoms with Crippen molar-refractivity contribution in [3.8, 4) is 0 Å². The summed E-state index contributed by atoms with van der Waals surface area (Å²) >= 11 is 0. The molecule has 1 saturated heterocycles. The van der Waals surface area contributed by atoms with Crippen LogP contribution >= 0.6 is 0 Å². The highest BCUT2D eigenvalue weighted by Gasteiger charge is 2.41. The Morgan fingerprint density at radius 2 is 1.94 bits per heavy atom. The third kappa shape index (κ3) is 2.54. The van der Waals surface area contributed by atoms with Crippen LogP contribution in [0.25, 0.3) is 0 Å². The van der Waals surface area contributed by atoms with Crippen LogP contribution in [0.15, 0.2) is 30.3 Å². The van der Waals surface area contributed by atoms with Gasteiger partial charge in [-0.25, -0.2) is 0 Å². The van der Waals surface area contributed by atoms with Gasteiger partial charge < -0.3 is 15.8 Å². The molecule has 0 unspecified atom stereocenters. The van der Waals surface area contributed by atoms with E-state index in [1.165, 1.54) is 0 Å². The molecule has 1 amide bonds. The second-order valence-electron chi connectivity index (χ2n) is 4.61. The fourth-order valence-corrected chi connectivity index (χ4v) is 2.48. The van der Waals surface area contributed by atoms with Gasteiger partial charge in [-0.15, -0.1) is 0 Å². The zero-order valence-electron chi connectivity index (χ0n) is 10.5. The van der Waals surface area contributed by atoms with Gasteiger partial charge in [0.2, 0.25) is 5.91 Å². The lowest BCUT2D eigenvalue weighted by molar-refractivity contribution is -0.130. The Morgan fingerprint density at radius 3 is 2.56 bits per heavy atom. The molecule has 0 atom stereocenters. The third-order valence-corrected chi connectivity index (χ3v) is 3.54. The molecule has 18 heavy (non-hydrogen) atoms. The number of amides is 1. The maximum atomic E-state index is 12.5. The van der Waals surface area contributed by atoms with Crippen molar-refractivity contribution < 1.29 is 9.53 Å². The highest BCUT2D eigenvalue weighted by molar-refractivity contribution is 5.88. The Hall–Kier alpha value is -1.39. The van der Waals surface area contributed by atoms with Gasteiger partial charge >= 0.3 is 0 Å². The minimum atomic E-state index is -0.450. The minimum Gasteiger partial charge on any atom is -0.381 e. The molecule has 1 aromatic rings. The van der Waals surface area contributed by atoms with Gasteiger partial charge in [0.1, 0.15) is 0 Å². The molecule has 1 aliphatic rings. The van der Waals surface area contributed by atoms with E-state index in [2.05, 4.69) is 5.32 Å². The highest BCUT2D eigenvalue weighted by atomic mass is 16.5. The molecule has 1 aromatic carbocycles. The molecule has 1 fully saturated rings. The number of carbonyl (C=O) groups excluding carboxylic acids is 1. The Labute approximate surface area is 108 Å². The monoisotopic (exact) mass is 248 g/mol. The van der Waals surface area contributed by atoms with Crippen molar-refractivity contribution in [3.63, 3.8) is 0 Å². The van der Waals surface area contributed by atoms with Crippen LogP contribution in [0.3, 0.4) is 0 Å². The molecule has 0 saturated carbocycles. The molecule has 0 aromatic heterocycles. The van der Waals surface area contributed by atoms with Crippen LogP contribution in [0.1, 0.15) is 18.4 Å². The maximum Gasteiger partial charge on any atom is 0.230 e. The lowest BCUT2D eigenvalue weighted by atomic mass is 9.73. The van der Waals surface area contributed by atoms with Gasteiger partial charge in [0.05, 0.1) is 5.41 Å². The smallest absolute Gasteiger partial charge is 0.230 e. The van der Waals surface area contributed by atoms with E-state index in [-0.39, 0.29) is 5.91 Å². The highest BCUT2D eigenvalue weighted by Crippen LogP contribution is 2.34. The number of benzene rings is 1. The number of rotatable bonds is 4. The van der Waals surface area contributed by atoms with Crippen molar-refractivity contribution in [2.24, 2.45) is 5.73 Å². The quantitative estimate of drug-likeness (QED) is 0.828. The Balaban J connectivity index is 2.25. The summed E-state index contributed by atoms with van der Waals surface area (Å²) in [4.78, 5) is 12.5. The van der Waals surface area contributed by atoms with E-state index in [1.807, 2.05) is 30.3 Å². The molecule has 2 rings (SSSR count). The summed E-state index contributed by atoms with van der Waals surface area (Å²) < 4.78 is 5.40. The van der Waals surface area contributed by atoms with E-state index in [9.17, 15) is 4.79 Å². The van der Waals surface area contributed by atoms with E-state index in [4.69, 9.17) is 10.5 Å². The van der Waals surface area contributed by atoms with E-state index >= 15 is 0 Å². The number of nitrogens with one attached hydrogen (secondary N) is 1. The van der Waals surface area contributed by atoms with Crippen LogP contribution in [0.4, 0.5) is 0 Å². The van der Waals surface area contributed by atoms with Gasteiger partial charge in [-0.1, -0.05) is 30.3 Å². The molecule has 4 heteroatoms. The summed E-state index contributed by atoms with van der Waals surface area (Å²) in [5.74, 6) is 0.0717. The fraction of sp³-hybridized carbons (Fsp3) is 0.500. The van der Waals surface area contributed by atoms with Gasteiger partial charge in [0, 0.05) is 26.3 Å². The molecule has 0 bridgehead atoms. The van der Waals surface area contributed by atoms with E-state index in [0.29, 0.717) is 26.3 Å². The average molecular weight is 248 g/mol. The predicted molar refractivity (Wildman–Crippen MR) is 70.2 cm³/mol. The predicted octanol–water partition coefficient (Wildman–Crippen LogP) is 0.810. The zero-order valence-corrected chi connectivity index (χ0v) is 10.5. The van der Waals surface area contributed by atoms with E-state index in [0.717, 1.165) is 18.4 Å². The van der Waals surface area contributed by atoms with Gasteiger partial charge in [-0.2, -0.15) is 0 Å². The summed E-state index contributed by atoms with van der Waals surface area (Å²) in [5, 5.41) is 2.92. The third-order valence-electron chi connectivity index (χ3n) is 3.54. The topological polar surface area (TPSA) is 64.3 Å². The van der Waals surface area contributed by atoms with Crippen LogP contribution in [0, 0.1) is 0 Å². The number of nitrogens with two attached hydrogens (primary N) is 1. The van der Waals surface area contributed by atoms with Crippen LogP contribution in [-0.2, 0) is 14.9 Å². The second kappa shape index (κ2) is 5.98. The molecule has 0 radical (unpaired) electrons. The maximum absolute atomic E-state index is 12.5. The van der Waals surface area contributed by atoms with Crippen molar-refractivity contribution in [2.45, 2.75) is 18.3 Å². The lowest BCUT2D eigenvalue weighted by Gasteiger charge is -2.36. The van der Waals surface area contributed by atoms with Crippen molar-refractivity contribution in [1.29, 1.82) is 0 Å². The molecular formula is C14H20N2O2. The number of hydrogen-bond donors (Lipinski definition) is 2. The standard InChI is InChI=1S/C14H20N2O2/c15-8-9-16-13(17)14(6-10-18-11-7-14)12-4-2-1-3-5-12/h1-5H,6-11,15H2,(H,16,17). The first-order valence-electron chi connectivity index (χ1n) is 6.41. The van der Waals surface area contributed by atoms with E-state index < -0.39 is 5.41 Å². The van der Waals surface area contributed by atoms with Crippen molar-refractivity contribution >= 4 is 5.91 Å². The normalized spacial score (nSPS) is 18.3. The molecule has 0 spiro atoms. The summed E-state index contributed by atoms with van der Waals surface area (Å²) in [7, 11) is 0. The van der Waals surface area contributed by atoms with Crippen molar-refractivity contribution in [3.05, 3.63) is 35.9 Å². The summed E-state index contributed by atoms with van der Waals surface area (Å²) in [6, 6.07) is 9.96. The Kier molecular flexibility index (Phi) is 4.33. The molecule has 98 valence electrons. The minimum absolute atomic E-state index is 0.0717. The summed E-state index contributed by atoms with van der Waals surface area (Å²) in [6.07, 6.45) is 1.46. The average Bonchev–Trinajstić information content (AvgIpc) is 2.46. The van der Waals surface area contributed by atoms with Crippen molar-refractivity contribution in [1.82, 2.24) is 5.32 Å². The Bertz CT molecular complexity index is 386. The molecular weight excluding hydrogens is 228 g/mol. The largest absolute Gasteiger partial charge is 0.381 e. The molecule has 4 nitrogen and oxygen atoms in total. The van der Waals surface area contributed by atoms with Gasteiger partial charge in [0.15, 0.2) is 0 Å². The first-order chi connectivity index (χ1) is 8.79. The summed E-state index contributed by atoms with van der Waals surface area (Å²) in [6.45, 7) is 2.25. The SMILES string of the molecule is NCCNC(=O)C1(c2ccccc2)CCOCC1. The first kappa shape index (κ1) is 13.1. The van der Waals surface area contributed by atoms with Gasteiger partial charge in [0.25, 0.3) is 0 Å². The van der Waals surface area contributed by atoms with Crippen LogP contribution in [-0.4, -0.2) is 32.2 Å². The summed E-state index contributed by atoms with van der Waals surface area (Å²) in [5.41, 5.74) is 6.07. The van der Waals surface area contributed by atoms with Gasteiger partial charge in [-0.05, 0) is 18.4 Å². The molecule has 3 N–H and O–H groups in total. The fourth-order valence-electron chi connectivity index (χ4n) is 2.48. The van der Waals surface area contributed by atoms with Gasteiger partial charge in [-0.3, -0.25) is 4.79 Å². The first-order valence-corrected chi connectivity index (χ1v) is 6.41. The second-order valence-corrected chi connectivity index (χ2v) is 4.61. The molecule has 1 aliphatic heterocycles. The number of ether oxygens (including phenoxy) is 1. The molecule has 0 aliphatic carbocycles. The van der Waals surface area contributed by atoms with E-state index in [1.54, 1.807) is 0 Å². The number of hydrogen-bond acceptors (Lipinski definition) is 3. The van der Waals surface area contributed by atoms with Crippen LogP contribution < -0.4 is 11.1 Å². The zero-order chi connectivity index (χ0) is 12.8. The van der Waals surface area contributed by atoms with Crippen LogP contribution in [0.2, 0.25) is 0 Å². The lowest BCUT2D eigenvalue weighted by Crippen LogP contribution is -2.49. The number of carbonyl (C=O) groups is 1. The Morgan fingerprint density at radius 1 is 1.28 bits per heavy atom. The van der Waals surface area contributed by atoms with Crippen molar-refractivity contribution in [2.75, 3.05) is 26.3 Å². The molecule has 1 heterocycles. The van der Waals surface area contributed by atoms with Crippen LogP contribution in [0.5, 0.6) is 0 Å².